The molecule has 2 rings (SSSR count). The first kappa shape index (κ1) is 13.0. The summed E-state index contributed by atoms with van der Waals surface area (Å²) in [5.74, 6) is 0.713. The summed E-state index contributed by atoms with van der Waals surface area (Å²) in [6.07, 6.45) is 2.60. The first-order chi connectivity index (χ1) is 8.08. The lowest BCUT2D eigenvalue weighted by atomic mass is 10.3. The van der Waals surface area contributed by atoms with Gasteiger partial charge in [-0.25, -0.2) is 0 Å². The highest BCUT2D eigenvalue weighted by Gasteiger charge is 2.04. The number of aryl methyl sites for hydroxylation is 1. The molecule has 0 saturated carbocycles. The molecule has 1 heterocycles. The van der Waals surface area contributed by atoms with Crippen molar-refractivity contribution in [1.82, 2.24) is 9.55 Å². The van der Waals surface area contributed by atoms with Crippen LogP contribution in [0.1, 0.15) is 6.42 Å². The molecule has 0 bridgehead atoms. The number of aromatic nitrogens is 2. The number of halogens is 1. The molecule has 1 aromatic heterocycles. The molecule has 1 atom stereocenters. The normalized spacial score (nSPS) is 13.1. The molecule has 3 nitrogen and oxygen atoms in total. The largest absolute Gasteiger partial charge is 0.331 e. The van der Waals surface area contributed by atoms with E-state index in [1.165, 1.54) is 0 Å². The van der Waals surface area contributed by atoms with Crippen LogP contribution in [0.5, 0.6) is 0 Å². The number of aromatic amines is 1. The predicted octanol–water partition coefficient (Wildman–Crippen LogP) is 3.23. The number of hydrogen-bond donors (Lipinski definition) is 1. The smallest absolute Gasteiger partial charge is 0.178 e. The molecule has 17 heavy (non-hydrogen) atoms. The summed E-state index contributed by atoms with van der Waals surface area (Å²) < 4.78 is 14.8. The van der Waals surface area contributed by atoms with Crippen molar-refractivity contribution < 1.29 is 4.21 Å². The van der Waals surface area contributed by atoms with E-state index >= 15 is 0 Å². The molecule has 0 aliphatic rings. The van der Waals surface area contributed by atoms with E-state index in [0.29, 0.717) is 5.75 Å². The van der Waals surface area contributed by atoms with E-state index in [1.807, 2.05) is 18.2 Å². The first-order valence-corrected chi connectivity index (χ1v) is 8.19. The van der Waals surface area contributed by atoms with Crippen molar-refractivity contribution in [3.8, 4) is 0 Å². The summed E-state index contributed by atoms with van der Waals surface area (Å²) in [7, 11) is -0.736. The second-order valence-corrected chi connectivity index (χ2v) is 6.73. The second kappa shape index (κ2) is 5.46. The van der Waals surface area contributed by atoms with Gasteiger partial charge in [-0.2, -0.15) is 0 Å². The van der Waals surface area contributed by atoms with Crippen LogP contribution in [0.15, 0.2) is 22.7 Å². The minimum absolute atomic E-state index is 0.713. The Morgan fingerprint density at radius 2 is 2.29 bits per heavy atom. The molecule has 2 aromatic rings. The van der Waals surface area contributed by atoms with E-state index in [-0.39, 0.29) is 0 Å². The van der Waals surface area contributed by atoms with E-state index in [2.05, 4.69) is 25.5 Å². The monoisotopic (exact) mass is 332 g/mol. The molecule has 0 spiro atoms. The number of nitrogens with one attached hydrogen (secondary N) is 1. The van der Waals surface area contributed by atoms with Gasteiger partial charge >= 0.3 is 0 Å². The van der Waals surface area contributed by atoms with E-state index in [0.717, 1.165) is 33.2 Å². The van der Waals surface area contributed by atoms with Crippen molar-refractivity contribution in [3.63, 3.8) is 0 Å². The predicted molar refractivity (Wildman–Crippen MR) is 78.4 cm³/mol. The highest BCUT2D eigenvalue weighted by Crippen LogP contribution is 2.19. The van der Waals surface area contributed by atoms with Gasteiger partial charge in [0.2, 0.25) is 0 Å². The number of imidazole rings is 1. The van der Waals surface area contributed by atoms with Gasteiger partial charge < -0.3 is 9.55 Å². The van der Waals surface area contributed by atoms with Crippen LogP contribution >= 0.6 is 28.1 Å². The summed E-state index contributed by atoms with van der Waals surface area (Å²) in [5, 5.41) is 0. The van der Waals surface area contributed by atoms with Crippen molar-refractivity contribution in [1.29, 1.82) is 0 Å². The molecular formula is C11H13BrN2OS2. The fourth-order valence-corrected chi connectivity index (χ4v) is 2.98. The van der Waals surface area contributed by atoms with Crippen LogP contribution in [0.2, 0.25) is 0 Å². The fraction of sp³-hybridized carbons (Fsp3) is 0.364. The molecule has 0 radical (unpaired) electrons. The molecule has 0 aliphatic carbocycles. The van der Waals surface area contributed by atoms with Crippen molar-refractivity contribution in [2.45, 2.75) is 13.0 Å². The van der Waals surface area contributed by atoms with Crippen molar-refractivity contribution in [2.24, 2.45) is 0 Å². The Morgan fingerprint density at radius 3 is 3.00 bits per heavy atom. The quantitative estimate of drug-likeness (QED) is 0.873. The van der Waals surface area contributed by atoms with Crippen molar-refractivity contribution >= 4 is 50.0 Å². The lowest BCUT2D eigenvalue weighted by Crippen LogP contribution is -2.03. The third-order valence-corrected chi connectivity index (χ3v) is 4.23. The number of fused-ring (bicyclic) bond motifs is 1. The molecule has 0 fully saturated rings. The first-order valence-electron chi connectivity index (χ1n) is 5.26. The Morgan fingerprint density at radius 1 is 1.53 bits per heavy atom. The molecule has 1 N–H and O–H groups in total. The van der Waals surface area contributed by atoms with Crippen LogP contribution in [-0.4, -0.2) is 25.8 Å². The zero-order valence-electron chi connectivity index (χ0n) is 9.40. The lowest BCUT2D eigenvalue weighted by molar-refractivity contribution is 0.665. The summed E-state index contributed by atoms with van der Waals surface area (Å²) >= 11 is 8.73. The standard InChI is InChI=1S/C11H13BrN2OS2/c1-17(15)6-2-5-14-10-4-3-8(12)7-9(10)13-11(14)16/h3-4,7H,2,5-6H2,1H3,(H,13,16). The second-order valence-electron chi connectivity index (χ2n) is 3.87. The molecule has 1 unspecified atom stereocenters. The summed E-state index contributed by atoms with van der Waals surface area (Å²) in [5.41, 5.74) is 2.13. The maximum Gasteiger partial charge on any atom is 0.178 e. The Kier molecular flexibility index (Phi) is 4.17. The van der Waals surface area contributed by atoms with Crippen LogP contribution in [0.4, 0.5) is 0 Å². The molecular weight excluding hydrogens is 320 g/mol. The Hall–Kier alpha value is -0.460. The summed E-state index contributed by atoms with van der Waals surface area (Å²) in [6.45, 7) is 0.806. The fourth-order valence-electron chi connectivity index (χ4n) is 1.78. The van der Waals surface area contributed by atoms with Gasteiger partial charge in [0, 0.05) is 33.8 Å². The van der Waals surface area contributed by atoms with Gasteiger partial charge in [0.25, 0.3) is 0 Å². The van der Waals surface area contributed by atoms with E-state index < -0.39 is 10.8 Å². The van der Waals surface area contributed by atoms with Gasteiger partial charge in [0.05, 0.1) is 11.0 Å². The van der Waals surface area contributed by atoms with E-state index in [1.54, 1.807) is 6.26 Å². The molecule has 0 aliphatic heterocycles. The molecule has 92 valence electrons. The Balaban J connectivity index is 2.30. The molecule has 6 heteroatoms. The van der Waals surface area contributed by atoms with Crippen LogP contribution < -0.4 is 0 Å². The van der Waals surface area contributed by atoms with Gasteiger partial charge in [-0.05, 0) is 36.8 Å². The number of rotatable bonds is 4. The number of H-pyrrole nitrogens is 1. The zero-order valence-corrected chi connectivity index (χ0v) is 12.6. The van der Waals surface area contributed by atoms with Gasteiger partial charge in [-0.1, -0.05) is 15.9 Å². The van der Waals surface area contributed by atoms with Gasteiger partial charge in [-0.3, -0.25) is 4.21 Å². The van der Waals surface area contributed by atoms with Gasteiger partial charge in [0.15, 0.2) is 4.77 Å². The Labute approximate surface area is 116 Å². The Bertz CT molecular complexity index is 617. The average molecular weight is 333 g/mol. The zero-order chi connectivity index (χ0) is 12.4. The molecule has 0 amide bonds. The van der Waals surface area contributed by atoms with Gasteiger partial charge in [0.1, 0.15) is 0 Å². The van der Waals surface area contributed by atoms with Crippen molar-refractivity contribution in [2.75, 3.05) is 12.0 Å². The van der Waals surface area contributed by atoms with Crippen LogP contribution in [0.25, 0.3) is 11.0 Å². The van der Waals surface area contributed by atoms with E-state index in [4.69, 9.17) is 12.2 Å². The maximum atomic E-state index is 11.0. The molecule has 1 aromatic carbocycles. The van der Waals surface area contributed by atoms with Gasteiger partial charge in [-0.15, -0.1) is 0 Å². The van der Waals surface area contributed by atoms with E-state index in [9.17, 15) is 4.21 Å². The highest BCUT2D eigenvalue weighted by atomic mass is 79.9. The lowest BCUT2D eigenvalue weighted by Gasteiger charge is -2.03. The highest BCUT2D eigenvalue weighted by molar-refractivity contribution is 9.10. The minimum Gasteiger partial charge on any atom is -0.331 e. The minimum atomic E-state index is -0.736. The SMILES string of the molecule is CS(=O)CCCn1c(=S)[nH]c2cc(Br)ccc21. The van der Waals surface area contributed by atoms with Crippen LogP contribution in [-0.2, 0) is 17.3 Å². The third-order valence-electron chi connectivity index (χ3n) is 2.55. The van der Waals surface area contributed by atoms with Crippen molar-refractivity contribution in [3.05, 3.63) is 27.4 Å². The molecule has 0 saturated heterocycles. The number of nitrogens with zero attached hydrogens (tertiary/aromatic N) is 1. The maximum absolute atomic E-state index is 11.0. The average Bonchev–Trinajstić information content (AvgIpc) is 2.54. The summed E-state index contributed by atoms with van der Waals surface area (Å²) in [4.78, 5) is 3.18. The number of hydrogen-bond acceptors (Lipinski definition) is 2. The van der Waals surface area contributed by atoms with Crippen LogP contribution in [0.3, 0.4) is 0 Å². The summed E-state index contributed by atoms with van der Waals surface area (Å²) in [6, 6.07) is 6.05. The topological polar surface area (TPSA) is 37.8 Å². The van der Waals surface area contributed by atoms with Crippen LogP contribution in [0, 0.1) is 4.77 Å². The third kappa shape index (κ3) is 3.05. The number of benzene rings is 1.